The van der Waals surface area contributed by atoms with E-state index in [0.717, 1.165) is 24.8 Å². The van der Waals surface area contributed by atoms with Gasteiger partial charge in [0.15, 0.2) is 25.2 Å². The van der Waals surface area contributed by atoms with Crippen molar-refractivity contribution in [3.05, 3.63) is 11.6 Å². The van der Waals surface area contributed by atoms with Crippen molar-refractivity contribution in [1.29, 1.82) is 0 Å². The Labute approximate surface area is 445 Å². The van der Waals surface area contributed by atoms with E-state index < -0.39 is 165 Å². The molecule has 76 heavy (non-hydrogen) atoms. The molecule has 8 rings (SSSR count). The van der Waals surface area contributed by atoms with Crippen molar-refractivity contribution in [2.45, 2.75) is 261 Å². The smallest absolute Gasteiger partial charge is 0.187 e. The number of aliphatic hydroxyl groups is 14. The molecule has 4 aliphatic heterocycles. The van der Waals surface area contributed by atoms with Crippen molar-refractivity contribution in [3.8, 4) is 0 Å². The molecule has 4 saturated heterocycles. The number of rotatable bonds is 15. The Balaban J connectivity index is 0.982. The minimum atomic E-state index is -1.74. The summed E-state index contributed by atoms with van der Waals surface area (Å²) in [7, 11) is 0. The highest BCUT2D eigenvalue weighted by molar-refractivity contribution is 5.20. The van der Waals surface area contributed by atoms with Crippen LogP contribution in [0.5, 0.6) is 0 Å². The zero-order valence-corrected chi connectivity index (χ0v) is 45.6. The van der Waals surface area contributed by atoms with Gasteiger partial charge in [0.1, 0.15) is 85.5 Å². The summed E-state index contributed by atoms with van der Waals surface area (Å²) in [5, 5.41) is 152. The lowest BCUT2D eigenvalue weighted by Crippen LogP contribution is -2.67. The van der Waals surface area contributed by atoms with Crippen molar-refractivity contribution >= 4 is 0 Å². The molecule has 0 aromatic carbocycles. The maximum Gasteiger partial charge on any atom is 0.187 e. The molecule has 0 unspecified atom stereocenters. The first-order chi connectivity index (χ1) is 35.5. The van der Waals surface area contributed by atoms with E-state index in [-0.39, 0.29) is 41.1 Å². The van der Waals surface area contributed by atoms with Crippen LogP contribution in [0.2, 0.25) is 0 Å². The van der Waals surface area contributed by atoms with E-state index in [1.807, 2.05) is 19.9 Å². The third kappa shape index (κ3) is 10.7. The lowest BCUT2D eigenvalue weighted by molar-refractivity contribution is -0.349. The van der Waals surface area contributed by atoms with Crippen LogP contribution in [-0.2, 0) is 37.9 Å². The van der Waals surface area contributed by atoms with E-state index in [1.54, 1.807) is 0 Å². The molecule has 440 valence electrons. The van der Waals surface area contributed by atoms with Crippen LogP contribution in [0, 0.1) is 45.3 Å². The SMILES string of the molecule is C/C(=C\CC[C@](C)(O[C@H]1O[C@@H](CO[C@H]2O[C@@H](C)[C@H](O)[C@@H](O)[C@@H]2O)[C@H](O)[C@@H](O)[C@@H]1O)[C@@H]1CC[C@]2(C)[C@H]1[C@@H](O)C[C@H]1[C@@]3(C)CC[C@H](O[C@H]4O[C@@H](CO[C@H]5O[C@@H](C)[C@H](O)[C@@H](O)[C@@H]5O)[C@H](O)[C@@H](O)[C@@H]4O)C(C)(C)[C@@H]3CC[C@@]12C)CO. The fourth-order valence-corrected chi connectivity index (χ4v) is 16.1. The summed E-state index contributed by atoms with van der Waals surface area (Å²) in [4.78, 5) is 0. The number of hydrogen-bond donors (Lipinski definition) is 14. The Morgan fingerprint density at radius 3 is 1.59 bits per heavy atom. The van der Waals surface area contributed by atoms with Gasteiger partial charge in [0.25, 0.3) is 0 Å². The van der Waals surface area contributed by atoms with Gasteiger partial charge in [0.05, 0.1) is 49.8 Å². The summed E-state index contributed by atoms with van der Waals surface area (Å²) >= 11 is 0. The van der Waals surface area contributed by atoms with Crippen LogP contribution in [0.1, 0.15) is 120 Å². The summed E-state index contributed by atoms with van der Waals surface area (Å²) in [6.07, 6.45) is -22.6. The van der Waals surface area contributed by atoms with Crippen LogP contribution in [0.25, 0.3) is 0 Å². The molecule has 22 nitrogen and oxygen atoms in total. The molecule has 22 heteroatoms. The second-order valence-electron chi connectivity index (χ2n) is 25.7. The van der Waals surface area contributed by atoms with E-state index in [2.05, 4.69) is 34.6 Å². The van der Waals surface area contributed by atoms with Crippen LogP contribution >= 0.6 is 0 Å². The molecular weight excluding hydrogens is 1000 g/mol. The highest BCUT2D eigenvalue weighted by atomic mass is 16.7. The molecule has 0 amide bonds. The lowest BCUT2D eigenvalue weighted by Gasteiger charge is -2.71. The van der Waals surface area contributed by atoms with Crippen LogP contribution in [0.3, 0.4) is 0 Å². The van der Waals surface area contributed by atoms with Crippen molar-refractivity contribution in [1.82, 2.24) is 0 Å². The van der Waals surface area contributed by atoms with Gasteiger partial charge in [-0.2, -0.15) is 0 Å². The molecular formula is C54H92O22. The molecule has 30 atom stereocenters. The number of ether oxygens (including phenoxy) is 8. The Bertz CT molecular complexity index is 1980. The van der Waals surface area contributed by atoms with Gasteiger partial charge in [0, 0.05) is 0 Å². The third-order valence-corrected chi connectivity index (χ3v) is 21.0. The molecule has 0 radical (unpaired) electrons. The van der Waals surface area contributed by atoms with E-state index in [9.17, 15) is 71.5 Å². The average molecular weight is 1090 g/mol. The molecule has 8 aliphatic rings. The van der Waals surface area contributed by atoms with E-state index in [4.69, 9.17) is 37.9 Å². The van der Waals surface area contributed by atoms with Crippen molar-refractivity contribution in [2.75, 3.05) is 19.8 Å². The number of allylic oxidation sites excluding steroid dienone is 1. The van der Waals surface area contributed by atoms with Crippen LogP contribution < -0.4 is 0 Å². The fourth-order valence-electron chi connectivity index (χ4n) is 16.1. The van der Waals surface area contributed by atoms with Gasteiger partial charge in [-0.15, -0.1) is 0 Å². The number of hydrogen-bond acceptors (Lipinski definition) is 22. The normalized spacial score (nSPS) is 53.5. The van der Waals surface area contributed by atoms with Gasteiger partial charge in [0.2, 0.25) is 0 Å². The highest BCUT2D eigenvalue weighted by Gasteiger charge is 2.72. The molecule has 0 spiro atoms. The Kier molecular flexibility index (Phi) is 18.4. The lowest BCUT2D eigenvalue weighted by atomic mass is 9.35. The van der Waals surface area contributed by atoms with Gasteiger partial charge in [-0.3, -0.25) is 0 Å². The molecule has 14 N–H and O–H groups in total. The topological polar surface area (TPSA) is 357 Å². The zero-order chi connectivity index (χ0) is 55.9. The first-order valence-electron chi connectivity index (χ1n) is 27.8. The first-order valence-corrected chi connectivity index (χ1v) is 27.8. The van der Waals surface area contributed by atoms with Gasteiger partial charge in [-0.25, -0.2) is 0 Å². The van der Waals surface area contributed by atoms with Crippen LogP contribution in [0.4, 0.5) is 0 Å². The monoisotopic (exact) mass is 1090 g/mol. The molecule has 4 aliphatic carbocycles. The third-order valence-electron chi connectivity index (χ3n) is 21.0. The van der Waals surface area contributed by atoms with Gasteiger partial charge in [-0.1, -0.05) is 46.3 Å². The Morgan fingerprint density at radius 1 is 0.566 bits per heavy atom. The molecule has 0 aromatic heterocycles. The van der Waals surface area contributed by atoms with E-state index >= 15 is 0 Å². The van der Waals surface area contributed by atoms with Gasteiger partial charge < -0.3 is 109 Å². The average Bonchev–Trinajstić information content (AvgIpc) is 3.83. The molecule has 0 aromatic rings. The Morgan fingerprint density at radius 2 is 1.05 bits per heavy atom. The summed E-state index contributed by atoms with van der Waals surface area (Å²) < 4.78 is 48.5. The minimum Gasteiger partial charge on any atom is -0.393 e. The highest BCUT2D eigenvalue weighted by Crippen LogP contribution is 2.76. The van der Waals surface area contributed by atoms with Gasteiger partial charge >= 0.3 is 0 Å². The maximum atomic E-state index is 12.8. The van der Waals surface area contributed by atoms with Crippen LogP contribution in [-0.4, -0.2) is 232 Å². The minimum absolute atomic E-state index is 0.0610. The predicted molar refractivity (Wildman–Crippen MR) is 265 cm³/mol. The Hall–Kier alpha value is -1.14. The first kappa shape index (κ1) is 60.9. The second kappa shape index (κ2) is 22.9. The zero-order valence-electron chi connectivity index (χ0n) is 45.6. The summed E-state index contributed by atoms with van der Waals surface area (Å²) in [6, 6.07) is 0. The van der Waals surface area contributed by atoms with Crippen molar-refractivity contribution in [2.24, 2.45) is 45.3 Å². The molecule has 4 heterocycles. The number of aliphatic hydroxyl groups excluding tert-OH is 14. The molecule has 8 fully saturated rings. The predicted octanol–water partition coefficient (Wildman–Crippen LogP) is -1.17. The second-order valence-corrected chi connectivity index (χ2v) is 25.7. The summed E-state index contributed by atoms with van der Waals surface area (Å²) in [5.74, 6) is -0.430. The van der Waals surface area contributed by atoms with Gasteiger partial charge in [-0.05, 0) is 131 Å². The van der Waals surface area contributed by atoms with E-state index in [1.165, 1.54) is 13.8 Å². The summed E-state index contributed by atoms with van der Waals surface area (Å²) in [5.41, 5.74) is -1.84. The van der Waals surface area contributed by atoms with E-state index in [0.29, 0.717) is 38.5 Å². The van der Waals surface area contributed by atoms with Crippen molar-refractivity contribution in [3.63, 3.8) is 0 Å². The quantitative estimate of drug-likeness (QED) is 0.0678. The standard InChI is InChI=1S/C54H92O22/c1-23(20-55)11-10-15-54(9,76-49-45(68)41(64)37(60)29(74-49)22-70-47-43(66)39(62)35(58)25(3)72-47)26-12-17-53(8)33(26)27(56)19-31-51(6)16-14-32(50(4,5)30(51)13-18-52(31,53)7)75-48-44(67)40(63)36(59)28(73-48)21-69-46-42(65)38(61)34(57)24(2)71-46/h11,24-49,55-68H,10,12-22H2,1-9H3/b23-11+/t24-,25-,26+,27-,28-,29-,30-,31-,32-,33+,34-,35-,36-,37-,38+,39+,40+,41+,42-,43-,44-,45-,46-,47-,48+,49+,51-,52-,53+,54-/m0/s1. The number of fused-ring (bicyclic) bond motifs is 5. The van der Waals surface area contributed by atoms with Crippen molar-refractivity contribution < 1.29 is 109 Å². The fraction of sp³-hybridized carbons (Fsp3) is 0.963. The maximum absolute atomic E-state index is 12.8. The molecule has 4 saturated carbocycles. The largest absolute Gasteiger partial charge is 0.393 e. The molecule has 0 bridgehead atoms. The summed E-state index contributed by atoms with van der Waals surface area (Å²) in [6.45, 7) is 17.0. The van der Waals surface area contributed by atoms with Crippen LogP contribution in [0.15, 0.2) is 11.6 Å².